The third kappa shape index (κ3) is 4.57. The summed E-state index contributed by atoms with van der Waals surface area (Å²) >= 11 is 0. The number of benzene rings is 3. The lowest BCUT2D eigenvalue weighted by Crippen LogP contribution is -2.17. The molecule has 0 fully saturated rings. The highest BCUT2D eigenvalue weighted by Gasteiger charge is 2.13. The maximum Gasteiger partial charge on any atom is 0.271 e. The zero-order valence-corrected chi connectivity index (χ0v) is 16.6. The van der Waals surface area contributed by atoms with Gasteiger partial charge in [-0.2, -0.15) is 10.2 Å². The van der Waals surface area contributed by atoms with Crippen molar-refractivity contribution in [2.24, 2.45) is 5.10 Å². The molecule has 4 rings (SSSR count). The van der Waals surface area contributed by atoms with Gasteiger partial charge < -0.3 is 0 Å². The number of carbonyl (C=O) groups excluding carboxylic acids is 1. The molecule has 1 N–H and O–H groups in total. The van der Waals surface area contributed by atoms with Crippen molar-refractivity contribution in [1.82, 2.24) is 15.2 Å². The molecule has 158 valence electrons. The third-order valence-electron chi connectivity index (χ3n) is 4.57. The van der Waals surface area contributed by atoms with Crippen molar-refractivity contribution in [2.45, 2.75) is 0 Å². The average Bonchev–Trinajstić information content (AvgIpc) is 3.24. The van der Waals surface area contributed by atoms with Crippen molar-refractivity contribution in [3.63, 3.8) is 0 Å². The van der Waals surface area contributed by atoms with Crippen LogP contribution in [0.15, 0.2) is 90.2 Å². The lowest BCUT2D eigenvalue weighted by atomic mass is 10.1. The molecule has 0 bridgehead atoms. The summed E-state index contributed by atoms with van der Waals surface area (Å²) in [6.45, 7) is 0. The molecule has 0 spiro atoms. The number of carbonyl (C=O) groups is 1. The standard InChI is InChI=1S/C23H16FN5O3/c24-19-11-9-16(10-12-19)22-18(15-28(27-22)20-6-2-1-3-7-20)14-25-26-23(30)17-5-4-8-21(13-17)29(31)32/h1-15H,(H,26,30)/b25-14-. The molecule has 1 amide bonds. The van der Waals surface area contributed by atoms with Crippen LogP contribution < -0.4 is 5.43 Å². The highest BCUT2D eigenvalue weighted by Crippen LogP contribution is 2.23. The van der Waals surface area contributed by atoms with E-state index < -0.39 is 10.8 Å². The smallest absolute Gasteiger partial charge is 0.267 e. The Kier molecular flexibility index (Phi) is 5.80. The quantitative estimate of drug-likeness (QED) is 0.280. The summed E-state index contributed by atoms with van der Waals surface area (Å²) in [7, 11) is 0. The fourth-order valence-electron chi connectivity index (χ4n) is 3.01. The number of nitro benzene ring substituents is 1. The molecule has 1 aromatic heterocycles. The summed E-state index contributed by atoms with van der Waals surface area (Å²) < 4.78 is 15.0. The van der Waals surface area contributed by atoms with Crippen molar-refractivity contribution < 1.29 is 14.1 Å². The molecule has 1 heterocycles. The Bertz CT molecular complexity index is 1300. The lowest BCUT2D eigenvalue weighted by Gasteiger charge is -2.01. The Labute approximate surface area is 181 Å². The summed E-state index contributed by atoms with van der Waals surface area (Å²) in [6.07, 6.45) is 3.15. The number of para-hydroxylation sites is 1. The van der Waals surface area contributed by atoms with Crippen LogP contribution in [0.2, 0.25) is 0 Å². The van der Waals surface area contributed by atoms with Gasteiger partial charge in [0.2, 0.25) is 0 Å². The molecule has 0 aliphatic rings. The number of amides is 1. The number of rotatable bonds is 6. The van der Waals surface area contributed by atoms with Gasteiger partial charge in [0.25, 0.3) is 11.6 Å². The average molecular weight is 429 g/mol. The molecule has 4 aromatic rings. The van der Waals surface area contributed by atoms with Crippen LogP contribution in [0.1, 0.15) is 15.9 Å². The van der Waals surface area contributed by atoms with Crippen LogP contribution in [0.5, 0.6) is 0 Å². The Morgan fingerprint density at radius 1 is 1.06 bits per heavy atom. The molecule has 0 atom stereocenters. The fraction of sp³-hybridized carbons (Fsp3) is 0. The second-order valence-corrected chi connectivity index (χ2v) is 6.73. The highest BCUT2D eigenvalue weighted by atomic mass is 19.1. The molecular weight excluding hydrogens is 413 g/mol. The molecule has 9 heteroatoms. The molecule has 32 heavy (non-hydrogen) atoms. The maximum atomic E-state index is 13.4. The van der Waals surface area contributed by atoms with E-state index >= 15 is 0 Å². The SMILES string of the molecule is O=C(N/N=C\c1cn(-c2ccccc2)nc1-c1ccc(F)cc1)c1cccc([N+](=O)[O-])c1. The number of halogens is 1. The summed E-state index contributed by atoms with van der Waals surface area (Å²) in [5.41, 5.74) is 4.89. The van der Waals surface area contributed by atoms with Gasteiger partial charge in [0, 0.05) is 35.0 Å². The highest BCUT2D eigenvalue weighted by molar-refractivity contribution is 5.96. The number of hydrazone groups is 1. The number of nitro groups is 1. The predicted molar refractivity (Wildman–Crippen MR) is 117 cm³/mol. The van der Waals surface area contributed by atoms with E-state index in [1.54, 1.807) is 23.0 Å². The number of aromatic nitrogens is 2. The molecule has 0 radical (unpaired) electrons. The van der Waals surface area contributed by atoms with Gasteiger partial charge in [0.05, 0.1) is 16.8 Å². The molecule has 3 aromatic carbocycles. The van der Waals surface area contributed by atoms with Crippen molar-refractivity contribution in [3.05, 3.63) is 112 Å². The number of hydrogen-bond acceptors (Lipinski definition) is 5. The van der Waals surface area contributed by atoms with Crippen LogP contribution >= 0.6 is 0 Å². The van der Waals surface area contributed by atoms with Gasteiger partial charge in [-0.15, -0.1) is 0 Å². The first kappa shape index (κ1) is 20.6. The Morgan fingerprint density at radius 2 is 1.81 bits per heavy atom. The molecular formula is C23H16FN5O3. The topological polar surface area (TPSA) is 102 Å². The van der Waals surface area contributed by atoms with E-state index in [-0.39, 0.29) is 17.1 Å². The van der Waals surface area contributed by atoms with E-state index in [4.69, 9.17) is 0 Å². The zero-order chi connectivity index (χ0) is 22.5. The van der Waals surface area contributed by atoms with Gasteiger partial charge in [-0.1, -0.05) is 24.3 Å². The lowest BCUT2D eigenvalue weighted by molar-refractivity contribution is -0.384. The zero-order valence-electron chi connectivity index (χ0n) is 16.6. The van der Waals surface area contributed by atoms with Crippen LogP contribution in [-0.2, 0) is 0 Å². The van der Waals surface area contributed by atoms with Crippen LogP contribution in [0, 0.1) is 15.9 Å². The first-order chi connectivity index (χ1) is 15.5. The first-order valence-electron chi connectivity index (χ1n) is 9.50. The largest absolute Gasteiger partial charge is 0.271 e. The predicted octanol–water partition coefficient (Wildman–Crippen LogP) is 4.35. The molecule has 8 nitrogen and oxygen atoms in total. The molecule has 0 aliphatic heterocycles. The summed E-state index contributed by atoms with van der Waals surface area (Å²) in [6, 6.07) is 20.6. The normalized spacial score (nSPS) is 10.9. The van der Waals surface area contributed by atoms with Crippen LogP contribution in [0.25, 0.3) is 16.9 Å². The fourth-order valence-corrected chi connectivity index (χ4v) is 3.01. The summed E-state index contributed by atoms with van der Waals surface area (Å²) in [5, 5.41) is 19.5. The monoisotopic (exact) mass is 429 g/mol. The van der Waals surface area contributed by atoms with Gasteiger partial charge in [-0.05, 0) is 42.5 Å². The van der Waals surface area contributed by atoms with Gasteiger partial charge >= 0.3 is 0 Å². The third-order valence-corrected chi connectivity index (χ3v) is 4.57. The van der Waals surface area contributed by atoms with Gasteiger partial charge in [-0.25, -0.2) is 14.5 Å². The first-order valence-corrected chi connectivity index (χ1v) is 9.50. The number of nitrogens with one attached hydrogen (secondary N) is 1. The maximum absolute atomic E-state index is 13.4. The van der Waals surface area contributed by atoms with Crippen LogP contribution in [0.4, 0.5) is 10.1 Å². The van der Waals surface area contributed by atoms with E-state index in [2.05, 4.69) is 15.6 Å². The molecule has 0 saturated heterocycles. The van der Waals surface area contributed by atoms with Crippen molar-refractivity contribution in [3.8, 4) is 16.9 Å². The van der Waals surface area contributed by atoms with E-state index in [9.17, 15) is 19.3 Å². The van der Waals surface area contributed by atoms with E-state index in [1.165, 1.54) is 42.6 Å². The minimum Gasteiger partial charge on any atom is -0.267 e. The summed E-state index contributed by atoms with van der Waals surface area (Å²) in [5.74, 6) is -0.959. The second-order valence-electron chi connectivity index (χ2n) is 6.73. The van der Waals surface area contributed by atoms with Crippen molar-refractivity contribution in [1.29, 1.82) is 0 Å². The Hall–Kier alpha value is -4.66. The Morgan fingerprint density at radius 3 is 2.53 bits per heavy atom. The van der Waals surface area contributed by atoms with E-state index in [0.717, 1.165) is 5.69 Å². The minimum absolute atomic E-state index is 0.107. The van der Waals surface area contributed by atoms with Crippen molar-refractivity contribution in [2.75, 3.05) is 0 Å². The van der Waals surface area contributed by atoms with E-state index in [1.807, 2.05) is 30.3 Å². The molecule has 0 saturated carbocycles. The van der Waals surface area contributed by atoms with E-state index in [0.29, 0.717) is 16.8 Å². The number of non-ortho nitro benzene ring substituents is 1. The van der Waals surface area contributed by atoms with Gasteiger partial charge in [0.15, 0.2) is 0 Å². The van der Waals surface area contributed by atoms with Gasteiger partial charge in [0.1, 0.15) is 11.5 Å². The Balaban J connectivity index is 1.62. The second kappa shape index (κ2) is 9.00. The summed E-state index contributed by atoms with van der Waals surface area (Å²) in [4.78, 5) is 22.6. The van der Waals surface area contributed by atoms with Crippen LogP contribution in [0.3, 0.4) is 0 Å². The van der Waals surface area contributed by atoms with Crippen molar-refractivity contribution >= 4 is 17.8 Å². The molecule has 0 aliphatic carbocycles. The van der Waals surface area contributed by atoms with Gasteiger partial charge in [-0.3, -0.25) is 14.9 Å². The number of hydrogen-bond donors (Lipinski definition) is 1. The van der Waals surface area contributed by atoms with Crippen LogP contribution in [-0.4, -0.2) is 26.8 Å². The minimum atomic E-state index is -0.594. The number of nitrogens with zero attached hydrogens (tertiary/aromatic N) is 4. The molecule has 0 unspecified atom stereocenters.